The molecule has 4 nitrogen and oxygen atoms in total. The van der Waals surface area contributed by atoms with Crippen LogP contribution in [0.15, 0.2) is 54.6 Å². The molecule has 0 bridgehead atoms. The van der Waals surface area contributed by atoms with E-state index in [-0.39, 0.29) is 11.9 Å². The van der Waals surface area contributed by atoms with Gasteiger partial charge >= 0.3 is 6.03 Å². The molecule has 2 aromatic rings. The summed E-state index contributed by atoms with van der Waals surface area (Å²) in [6, 6.07) is 16.8. The topological polar surface area (TPSA) is 49.4 Å². The first kappa shape index (κ1) is 14.3. The van der Waals surface area contributed by atoms with E-state index in [4.69, 9.17) is 0 Å². The highest BCUT2D eigenvalue weighted by Gasteiger charge is 2.48. The van der Waals surface area contributed by atoms with E-state index in [1.807, 2.05) is 61.5 Å². The van der Waals surface area contributed by atoms with Crippen molar-refractivity contribution in [2.45, 2.75) is 25.9 Å². The zero-order valence-corrected chi connectivity index (χ0v) is 12.7. The van der Waals surface area contributed by atoms with Crippen LogP contribution in [0.2, 0.25) is 0 Å². The van der Waals surface area contributed by atoms with Crippen molar-refractivity contribution in [3.63, 3.8) is 0 Å². The van der Waals surface area contributed by atoms with Crippen LogP contribution in [-0.2, 0) is 16.9 Å². The van der Waals surface area contributed by atoms with Crippen LogP contribution < -0.4 is 5.32 Å². The molecule has 0 saturated carbocycles. The summed E-state index contributed by atoms with van der Waals surface area (Å²) in [6.45, 7) is 4.02. The summed E-state index contributed by atoms with van der Waals surface area (Å²) >= 11 is 0. The summed E-state index contributed by atoms with van der Waals surface area (Å²) in [5.41, 5.74) is 1.83. The summed E-state index contributed by atoms with van der Waals surface area (Å²) in [4.78, 5) is 26.4. The molecule has 2 aromatic carbocycles. The molecule has 1 aliphatic rings. The molecule has 0 spiro atoms. The molecule has 0 unspecified atom stereocenters. The third kappa shape index (κ3) is 2.26. The second kappa shape index (κ2) is 5.30. The summed E-state index contributed by atoms with van der Waals surface area (Å²) in [5.74, 6) is -0.216. The minimum atomic E-state index is -0.999. The number of hydrogen-bond acceptors (Lipinski definition) is 2. The largest absolute Gasteiger partial charge is 0.325 e. The average Bonchev–Trinajstić information content (AvgIpc) is 2.75. The molecule has 22 heavy (non-hydrogen) atoms. The monoisotopic (exact) mass is 294 g/mol. The van der Waals surface area contributed by atoms with Crippen molar-refractivity contribution in [2.75, 3.05) is 0 Å². The summed E-state index contributed by atoms with van der Waals surface area (Å²) < 4.78 is 0. The summed E-state index contributed by atoms with van der Waals surface area (Å²) in [7, 11) is 0. The normalized spacial score (nSPS) is 21.1. The maximum atomic E-state index is 12.8. The van der Waals surface area contributed by atoms with Crippen LogP contribution in [0.25, 0.3) is 0 Å². The number of amides is 3. The van der Waals surface area contributed by atoms with Gasteiger partial charge in [-0.1, -0.05) is 54.6 Å². The van der Waals surface area contributed by atoms with Gasteiger partial charge in [-0.05, 0) is 30.5 Å². The van der Waals surface area contributed by atoms with Crippen LogP contribution in [0.4, 0.5) is 4.79 Å². The van der Waals surface area contributed by atoms with Gasteiger partial charge in [-0.15, -0.1) is 0 Å². The van der Waals surface area contributed by atoms with E-state index >= 15 is 0 Å². The summed E-state index contributed by atoms with van der Waals surface area (Å²) in [6.07, 6.45) is 0. The molecule has 1 heterocycles. The Morgan fingerprint density at radius 1 is 1.00 bits per heavy atom. The van der Waals surface area contributed by atoms with Gasteiger partial charge in [0, 0.05) is 0 Å². The van der Waals surface area contributed by atoms with Crippen molar-refractivity contribution >= 4 is 11.9 Å². The minimum Gasteiger partial charge on any atom is -0.319 e. The molecular formula is C18H18N2O2. The molecule has 0 aliphatic carbocycles. The fraction of sp³-hybridized carbons (Fsp3) is 0.222. The van der Waals surface area contributed by atoms with E-state index < -0.39 is 5.54 Å². The highest BCUT2D eigenvalue weighted by molar-refractivity contribution is 6.07. The zero-order chi connectivity index (χ0) is 15.7. The molecule has 4 heteroatoms. The lowest BCUT2D eigenvalue weighted by Gasteiger charge is -2.22. The lowest BCUT2D eigenvalue weighted by Crippen LogP contribution is -2.40. The van der Waals surface area contributed by atoms with Crippen LogP contribution in [0.5, 0.6) is 0 Å². The van der Waals surface area contributed by atoms with E-state index in [0.29, 0.717) is 6.54 Å². The Morgan fingerprint density at radius 2 is 1.64 bits per heavy atom. The second-order valence-electron chi connectivity index (χ2n) is 5.74. The van der Waals surface area contributed by atoms with Gasteiger partial charge in [0.1, 0.15) is 5.54 Å². The molecule has 112 valence electrons. The number of imide groups is 1. The van der Waals surface area contributed by atoms with Gasteiger partial charge in [-0.3, -0.25) is 9.69 Å². The maximum Gasteiger partial charge on any atom is 0.325 e. The Balaban J connectivity index is 1.91. The van der Waals surface area contributed by atoms with Crippen molar-refractivity contribution in [3.05, 3.63) is 71.3 Å². The number of benzene rings is 2. The van der Waals surface area contributed by atoms with Gasteiger partial charge in [0.2, 0.25) is 0 Å². The highest BCUT2D eigenvalue weighted by atomic mass is 16.2. The first-order valence-corrected chi connectivity index (χ1v) is 7.26. The number of carbonyl (C=O) groups excluding carboxylic acids is 2. The third-order valence-corrected chi connectivity index (χ3v) is 4.22. The predicted octanol–water partition coefficient (Wildman–Crippen LogP) is 2.96. The van der Waals surface area contributed by atoms with Gasteiger partial charge in [0.15, 0.2) is 0 Å². The van der Waals surface area contributed by atoms with E-state index in [0.717, 1.165) is 16.7 Å². The smallest absolute Gasteiger partial charge is 0.319 e. The van der Waals surface area contributed by atoms with Crippen LogP contribution in [0, 0.1) is 6.92 Å². The lowest BCUT2D eigenvalue weighted by atomic mass is 9.92. The predicted molar refractivity (Wildman–Crippen MR) is 84.1 cm³/mol. The first-order chi connectivity index (χ1) is 10.5. The van der Waals surface area contributed by atoms with Crippen LogP contribution >= 0.6 is 0 Å². The molecule has 1 atom stereocenters. The highest BCUT2D eigenvalue weighted by Crippen LogP contribution is 2.29. The quantitative estimate of drug-likeness (QED) is 0.885. The number of aryl methyl sites for hydroxylation is 1. The van der Waals surface area contributed by atoms with Crippen molar-refractivity contribution in [2.24, 2.45) is 0 Å². The SMILES string of the molecule is Cc1ccccc1CN1C(=O)N[C@@](C)(c2ccccc2)C1=O. The Labute approximate surface area is 129 Å². The van der Waals surface area contributed by atoms with E-state index in [2.05, 4.69) is 5.32 Å². The summed E-state index contributed by atoms with van der Waals surface area (Å²) in [5, 5.41) is 2.82. The van der Waals surface area contributed by atoms with Crippen molar-refractivity contribution < 1.29 is 9.59 Å². The number of rotatable bonds is 3. The fourth-order valence-corrected chi connectivity index (χ4v) is 2.77. The number of hydrogen-bond donors (Lipinski definition) is 1. The van der Waals surface area contributed by atoms with Crippen molar-refractivity contribution in [1.29, 1.82) is 0 Å². The third-order valence-electron chi connectivity index (χ3n) is 4.22. The molecule has 0 radical (unpaired) electrons. The number of nitrogens with one attached hydrogen (secondary N) is 1. The number of urea groups is 1. The van der Waals surface area contributed by atoms with Gasteiger partial charge in [-0.2, -0.15) is 0 Å². The fourth-order valence-electron chi connectivity index (χ4n) is 2.77. The molecular weight excluding hydrogens is 276 g/mol. The van der Waals surface area contributed by atoms with E-state index in [1.165, 1.54) is 4.90 Å². The van der Waals surface area contributed by atoms with Crippen LogP contribution in [0.3, 0.4) is 0 Å². The Kier molecular flexibility index (Phi) is 3.45. The molecule has 1 fully saturated rings. The van der Waals surface area contributed by atoms with Gasteiger partial charge in [-0.25, -0.2) is 4.79 Å². The van der Waals surface area contributed by atoms with Crippen molar-refractivity contribution in [1.82, 2.24) is 10.2 Å². The Morgan fingerprint density at radius 3 is 2.32 bits per heavy atom. The average molecular weight is 294 g/mol. The minimum absolute atomic E-state index is 0.216. The Hall–Kier alpha value is -2.62. The number of carbonyl (C=O) groups is 2. The van der Waals surface area contributed by atoms with Crippen LogP contribution in [-0.4, -0.2) is 16.8 Å². The number of nitrogens with zero attached hydrogens (tertiary/aromatic N) is 1. The van der Waals surface area contributed by atoms with Gasteiger partial charge in [0.05, 0.1) is 6.54 Å². The van der Waals surface area contributed by atoms with E-state index in [1.54, 1.807) is 6.92 Å². The molecule has 1 saturated heterocycles. The molecule has 0 aromatic heterocycles. The second-order valence-corrected chi connectivity index (χ2v) is 5.74. The van der Waals surface area contributed by atoms with E-state index in [9.17, 15) is 9.59 Å². The first-order valence-electron chi connectivity index (χ1n) is 7.26. The van der Waals surface area contributed by atoms with Crippen molar-refractivity contribution in [3.8, 4) is 0 Å². The van der Waals surface area contributed by atoms with Crippen LogP contribution in [0.1, 0.15) is 23.6 Å². The molecule has 3 rings (SSSR count). The standard InChI is InChI=1S/C18H18N2O2/c1-13-8-6-7-9-14(13)12-20-16(21)18(2,19-17(20)22)15-10-4-3-5-11-15/h3-11H,12H2,1-2H3,(H,19,22)/t18-/m0/s1. The molecule has 1 N–H and O–H groups in total. The maximum absolute atomic E-state index is 12.8. The zero-order valence-electron chi connectivity index (χ0n) is 12.7. The van der Waals surface area contributed by atoms with Gasteiger partial charge < -0.3 is 5.32 Å². The Bertz CT molecular complexity index is 727. The lowest BCUT2D eigenvalue weighted by molar-refractivity contribution is -0.131. The molecule has 3 amide bonds. The molecule has 1 aliphatic heterocycles. The van der Waals surface area contributed by atoms with Gasteiger partial charge in [0.25, 0.3) is 5.91 Å².